The molecule has 0 saturated heterocycles. The third-order valence-corrected chi connectivity index (χ3v) is 6.11. The van der Waals surface area contributed by atoms with Gasteiger partial charge < -0.3 is 4.98 Å². The molecule has 2 N–H and O–H groups in total. The van der Waals surface area contributed by atoms with Crippen LogP contribution in [0.25, 0.3) is 11.1 Å². The van der Waals surface area contributed by atoms with Gasteiger partial charge in [0.25, 0.3) is 5.56 Å². The van der Waals surface area contributed by atoms with Crippen molar-refractivity contribution in [3.8, 4) is 11.1 Å². The number of aromatic nitrogens is 3. The van der Waals surface area contributed by atoms with E-state index in [0.29, 0.717) is 16.7 Å². The molecule has 0 radical (unpaired) electrons. The Labute approximate surface area is 159 Å². The Hall–Kier alpha value is -3.11. The number of hydrogen-bond donors (Lipinski definition) is 2. The lowest BCUT2D eigenvalue weighted by Gasteiger charge is -2.18. The van der Waals surface area contributed by atoms with E-state index in [1.807, 2.05) is 4.98 Å². The van der Waals surface area contributed by atoms with Crippen LogP contribution in [0.3, 0.4) is 0 Å². The highest BCUT2D eigenvalue weighted by atomic mass is 32.2. The molecule has 146 valence electrons. The molecule has 0 aliphatic heterocycles. The van der Waals surface area contributed by atoms with Gasteiger partial charge in [0, 0.05) is 42.8 Å². The second-order valence-electron chi connectivity index (χ2n) is 6.18. The van der Waals surface area contributed by atoms with E-state index in [0.717, 1.165) is 4.31 Å². The molecular weight excluding hydrogens is 387 g/mol. The Balaban J connectivity index is 1.91. The van der Waals surface area contributed by atoms with Gasteiger partial charge in [-0.05, 0) is 24.6 Å². The molecule has 0 atom stereocenters. The predicted octanol–water partition coefficient (Wildman–Crippen LogP) is 1.39. The van der Waals surface area contributed by atoms with Crippen LogP contribution in [0.15, 0.2) is 57.2 Å². The smallest absolute Gasteiger partial charge is 0.310 e. The second kappa shape index (κ2) is 7.49. The highest BCUT2D eigenvalue weighted by molar-refractivity contribution is 7.89. The molecule has 10 heteroatoms. The predicted molar refractivity (Wildman–Crippen MR) is 101 cm³/mol. The van der Waals surface area contributed by atoms with Gasteiger partial charge in [0.2, 0.25) is 10.0 Å². The van der Waals surface area contributed by atoms with E-state index in [1.54, 1.807) is 30.5 Å². The second-order valence-corrected chi connectivity index (χ2v) is 8.16. The molecule has 0 aliphatic rings. The van der Waals surface area contributed by atoms with Crippen molar-refractivity contribution in [3.05, 3.63) is 80.6 Å². The first-order chi connectivity index (χ1) is 13.2. The quantitative estimate of drug-likeness (QED) is 0.667. The minimum absolute atomic E-state index is 0.0706. The maximum Gasteiger partial charge on any atom is 0.325 e. The van der Waals surface area contributed by atoms with Crippen molar-refractivity contribution in [2.45, 2.75) is 18.4 Å². The summed E-state index contributed by atoms with van der Waals surface area (Å²) < 4.78 is 40.9. The van der Waals surface area contributed by atoms with Crippen molar-refractivity contribution in [2.24, 2.45) is 0 Å². The fraction of sp³-hybridized carbons (Fsp3) is 0.167. The summed E-state index contributed by atoms with van der Waals surface area (Å²) in [7, 11) is -2.93. The summed E-state index contributed by atoms with van der Waals surface area (Å²) in [6.45, 7) is 1.16. The zero-order chi connectivity index (χ0) is 20.5. The topological polar surface area (TPSA) is 116 Å². The van der Waals surface area contributed by atoms with Crippen LogP contribution in [-0.2, 0) is 16.6 Å². The van der Waals surface area contributed by atoms with Gasteiger partial charge in [0.1, 0.15) is 5.82 Å². The van der Waals surface area contributed by atoms with Gasteiger partial charge in [0.15, 0.2) is 4.90 Å². The molecule has 0 amide bonds. The molecule has 3 aromatic rings. The van der Waals surface area contributed by atoms with Crippen LogP contribution in [0.5, 0.6) is 0 Å². The van der Waals surface area contributed by atoms with Crippen molar-refractivity contribution in [1.29, 1.82) is 0 Å². The molecule has 0 fully saturated rings. The summed E-state index contributed by atoms with van der Waals surface area (Å²) in [6, 6.07) is 7.78. The first kappa shape index (κ1) is 19.6. The number of aromatic amines is 2. The Bertz CT molecular complexity index is 1240. The molecule has 2 heterocycles. The molecule has 0 saturated carbocycles. The van der Waals surface area contributed by atoms with Crippen LogP contribution in [0.1, 0.15) is 11.3 Å². The number of sulfonamides is 1. The van der Waals surface area contributed by atoms with Crippen LogP contribution in [0, 0.1) is 12.7 Å². The van der Waals surface area contributed by atoms with Gasteiger partial charge in [-0.1, -0.05) is 18.2 Å². The Morgan fingerprint density at radius 3 is 2.54 bits per heavy atom. The maximum absolute atomic E-state index is 14.5. The first-order valence-electron chi connectivity index (χ1n) is 8.18. The first-order valence-corrected chi connectivity index (χ1v) is 9.62. The van der Waals surface area contributed by atoms with Crippen molar-refractivity contribution < 1.29 is 12.8 Å². The number of nitrogens with zero attached hydrogens (tertiary/aromatic N) is 2. The number of nitrogens with one attached hydrogen (secondary N) is 2. The van der Waals surface area contributed by atoms with Gasteiger partial charge >= 0.3 is 5.69 Å². The van der Waals surface area contributed by atoms with Gasteiger partial charge in [-0.25, -0.2) is 17.6 Å². The number of aryl methyl sites for hydroxylation is 1. The highest BCUT2D eigenvalue weighted by Gasteiger charge is 2.27. The lowest BCUT2D eigenvalue weighted by Crippen LogP contribution is -2.35. The van der Waals surface area contributed by atoms with Crippen LogP contribution < -0.4 is 11.2 Å². The third-order valence-electron chi connectivity index (χ3n) is 4.15. The van der Waals surface area contributed by atoms with Crippen molar-refractivity contribution in [2.75, 3.05) is 7.05 Å². The lowest BCUT2D eigenvalue weighted by atomic mass is 10.0. The average Bonchev–Trinajstić information content (AvgIpc) is 2.61. The van der Waals surface area contributed by atoms with E-state index in [1.165, 1.54) is 26.2 Å². The van der Waals surface area contributed by atoms with Crippen LogP contribution in [-0.4, -0.2) is 34.7 Å². The molecule has 2 aromatic heterocycles. The molecule has 8 nitrogen and oxygen atoms in total. The van der Waals surface area contributed by atoms with Gasteiger partial charge in [-0.15, -0.1) is 0 Å². The zero-order valence-electron chi connectivity index (χ0n) is 15.1. The molecule has 0 bridgehead atoms. The van der Waals surface area contributed by atoms with E-state index >= 15 is 0 Å². The number of rotatable bonds is 5. The van der Waals surface area contributed by atoms with E-state index in [4.69, 9.17) is 0 Å². The number of hydrogen-bond acceptors (Lipinski definition) is 5. The minimum Gasteiger partial charge on any atom is -0.310 e. The summed E-state index contributed by atoms with van der Waals surface area (Å²) in [5.41, 5.74) is -0.532. The molecule has 0 spiro atoms. The van der Waals surface area contributed by atoms with Crippen molar-refractivity contribution in [1.82, 2.24) is 19.3 Å². The van der Waals surface area contributed by atoms with Gasteiger partial charge in [-0.3, -0.25) is 14.8 Å². The number of pyridine rings is 1. The number of halogens is 1. The third kappa shape index (κ3) is 3.78. The molecule has 3 rings (SSSR count). The zero-order valence-corrected chi connectivity index (χ0v) is 15.9. The standard InChI is InChI=1S/C18H17FN4O4S/c1-11-16(17(24)22-18(25)21-11)28(26,27)23(2)10-12-5-6-14(15(19)8-12)13-4-3-7-20-9-13/h3-9H,10H2,1-2H3,(H2,21,22,24,25). The minimum atomic E-state index is -4.20. The summed E-state index contributed by atoms with van der Waals surface area (Å²) in [5.74, 6) is -0.519. The Kier molecular flexibility index (Phi) is 5.25. The highest BCUT2D eigenvalue weighted by Crippen LogP contribution is 2.24. The number of H-pyrrole nitrogens is 2. The summed E-state index contributed by atoms with van der Waals surface area (Å²) in [5, 5.41) is 0. The van der Waals surface area contributed by atoms with E-state index < -0.39 is 32.0 Å². The summed E-state index contributed by atoms with van der Waals surface area (Å²) in [4.78, 5) is 30.8. The van der Waals surface area contributed by atoms with Crippen molar-refractivity contribution >= 4 is 10.0 Å². The van der Waals surface area contributed by atoms with Gasteiger partial charge in [-0.2, -0.15) is 4.31 Å². The SMILES string of the molecule is Cc1[nH]c(=O)[nH]c(=O)c1S(=O)(=O)N(C)Cc1ccc(-c2cccnc2)c(F)c1. The van der Waals surface area contributed by atoms with Crippen LogP contribution in [0.4, 0.5) is 4.39 Å². The van der Waals surface area contributed by atoms with Crippen molar-refractivity contribution in [3.63, 3.8) is 0 Å². The fourth-order valence-corrected chi connectivity index (χ4v) is 4.16. The fourth-order valence-electron chi connectivity index (χ4n) is 2.81. The van der Waals surface area contributed by atoms with E-state index in [-0.39, 0.29) is 12.2 Å². The van der Waals surface area contributed by atoms with Crippen LogP contribution >= 0.6 is 0 Å². The van der Waals surface area contributed by atoms with E-state index in [2.05, 4.69) is 9.97 Å². The Morgan fingerprint density at radius 1 is 1.18 bits per heavy atom. The molecule has 0 aliphatic carbocycles. The summed E-state index contributed by atoms with van der Waals surface area (Å²) in [6.07, 6.45) is 3.11. The van der Waals surface area contributed by atoms with Gasteiger partial charge in [0.05, 0.1) is 0 Å². The Morgan fingerprint density at radius 2 is 1.93 bits per heavy atom. The summed E-state index contributed by atoms with van der Waals surface area (Å²) >= 11 is 0. The molecule has 1 aromatic carbocycles. The largest absolute Gasteiger partial charge is 0.325 e. The number of benzene rings is 1. The monoisotopic (exact) mass is 404 g/mol. The molecular formula is C18H17FN4O4S. The molecule has 28 heavy (non-hydrogen) atoms. The normalized spacial score (nSPS) is 11.7. The average molecular weight is 404 g/mol. The lowest BCUT2D eigenvalue weighted by molar-refractivity contribution is 0.463. The maximum atomic E-state index is 14.5. The van der Waals surface area contributed by atoms with E-state index in [9.17, 15) is 22.4 Å². The molecule has 0 unspecified atom stereocenters. The van der Waals surface area contributed by atoms with Crippen LogP contribution in [0.2, 0.25) is 0 Å².